The number of imide groups is 1. The Morgan fingerprint density at radius 2 is 1.92 bits per heavy atom. The number of carbonyl (C=O) groups is 2. The number of hydrogen-bond donors (Lipinski definition) is 0. The zero-order chi connectivity index (χ0) is 18.6. The molecule has 7 heteroatoms. The number of thiazole rings is 1. The van der Waals surface area contributed by atoms with Crippen LogP contribution in [0.25, 0.3) is 10.6 Å². The van der Waals surface area contributed by atoms with Crippen LogP contribution in [0.1, 0.15) is 43.3 Å². The van der Waals surface area contributed by atoms with Gasteiger partial charge in [-0.25, -0.2) is 14.2 Å². The molecular weight excluding hydrogens is 353 g/mol. The van der Waals surface area contributed by atoms with Crippen LogP contribution < -0.4 is 0 Å². The first-order valence-electron chi connectivity index (χ1n) is 8.67. The number of hydrogen-bond acceptors (Lipinski definition) is 4. The van der Waals surface area contributed by atoms with Crippen molar-refractivity contribution in [2.45, 2.75) is 44.7 Å². The Labute approximate surface area is 155 Å². The maximum Gasteiger partial charge on any atom is 0.328 e. The number of carbonyl (C=O) groups excluding carboxylic acids is 2. The van der Waals surface area contributed by atoms with Crippen molar-refractivity contribution in [2.75, 3.05) is 7.05 Å². The molecule has 2 aromatic rings. The average molecular weight is 373 g/mol. The fraction of sp³-hybridized carbons (Fsp3) is 0.421. The van der Waals surface area contributed by atoms with Gasteiger partial charge in [-0.1, -0.05) is 0 Å². The molecule has 136 valence electrons. The summed E-state index contributed by atoms with van der Waals surface area (Å²) in [4.78, 5) is 34.2. The normalized spacial score (nSPS) is 22.1. The highest BCUT2D eigenvalue weighted by Gasteiger charge is 2.52. The van der Waals surface area contributed by atoms with Crippen LogP contribution in [0.2, 0.25) is 0 Å². The lowest BCUT2D eigenvalue weighted by molar-refractivity contribution is -0.133. The van der Waals surface area contributed by atoms with E-state index in [2.05, 4.69) is 0 Å². The van der Waals surface area contributed by atoms with Crippen molar-refractivity contribution < 1.29 is 14.0 Å². The Kier molecular flexibility index (Phi) is 3.87. The van der Waals surface area contributed by atoms with Crippen molar-refractivity contribution in [1.29, 1.82) is 0 Å². The number of benzene rings is 1. The van der Waals surface area contributed by atoms with E-state index >= 15 is 0 Å². The summed E-state index contributed by atoms with van der Waals surface area (Å²) >= 11 is 1.50. The first kappa shape index (κ1) is 17.1. The van der Waals surface area contributed by atoms with Crippen molar-refractivity contribution in [3.63, 3.8) is 0 Å². The van der Waals surface area contributed by atoms with Crippen LogP contribution >= 0.6 is 11.3 Å². The van der Waals surface area contributed by atoms with Gasteiger partial charge in [-0.3, -0.25) is 9.69 Å². The Morgan fingerprint density at radius 3 is 2.54 bits per heavy atom. The summed E-state index contributed by atoms with van der Waals surface area (Å²) in [6.45, 7) is 3.54. The summed E-state index contributed by atoms with van der Waals surface area (Å²) in [6, 6.07) is 5.72. The summed E-state index contributed by atoms with van der Waals surface area (Å²) in [5.74, 6) is -0.453. The highest BCUT2D eigenvalue weighted by atomic mass is 32.1. The van der Waals surface area contributed by atoms with E-state index in [0.717, 1.165) is 40.4 Å². The second-order valence-corrected chi connectivity index (χ2v) is 8.35. The topological polar surface area (TPSA) is 53.5 Å². The molecule has 1 unspecified atom stereocenters. The van der Waals surface area contributed by atoms with Crippen LogP contribution in [0, 0.1) is 5.82 Å². The Bertz CT molecular complexity index is 891. The van der Waals surface area contributed by atoms with E-state index in [9.17, 15) is 14.0 Å². The van der Waals surface area contributed by atoms with Gasteiger partial charge < -0.3 is 4.90 Å². The zero-order valence-electron chi connectivity index (χ0n) is 15.0. The van der Waals surface area contributed by atoms with Crippen LogP contribution in [0.5, 0.6) is 0 Å². The third-order valence-electron chi connectivity index (χ3n) is 5.40. The molecule has 2 heterocycles. The van der Waals surface area contributed by atoms with Gasteiger partial charge in [-0.05, 0) is 57.4 Å². The number of likely N-dealkylation sites (N-methyl/N-ethyl adjacent to an activating group) is 1. The molecule has 1 aromatic heterocycles. The number of halogens is 1. The summed E-state index contributed by atoms with van der Waals surface area (Å²) in [7, 11) is 1.67. The summed E-state index contributed by atoms with van der Waals surface area (Å²) < 4.78 is 13.2. The first-order valence-corrected chi connectivity index (χ1v) is 9.49. The molecule has 0 radical (unpaired) electrons. The highest BCUT2D eigenvalue weighted by molar-refractivity contribution is 7.15. The van der Waals surface area contributed by atoms with Crippen LogP contribution in [-0.4, -0.2) is 39.3 Å². The minimum absolute atomic E-state index is 0.167. The number of fused-ring (bicyclic) bond motifs is 1. The fourth-order valence-electron chi connectivity index (χ4n) is 3.56. The molecular formula is C19H20FN3O2S. The maximum absolute atomic E-state index is 13.2. The van der Waals surface area contributed by atoms with Gasteiger partial charge in [0.15, 0.2) is 0 Å². The minimum atomic E-state index is -0.834. The smallest absolute Gasteiger partial charge is 0.313 e. The molecule has 0 spiro atoms. The van der Waals surface area contributed by atoms with Gasteiger partial charge in [-0.2, -0.15) is 0 Å². The molecule has 5 nitrogen and oxygen atoms in total. The van der Waals surface area contributed by atoms with Crippen LogP contribution in [0.15, 0.2) is 24.3 Å². The summed E-state index contributed by atoms with van der Waals surface area (Å²) in [5.41, 5.74) is 0.957. The number of nitrogens with zero attached hydrogens (tertiary/aromatic N) is 3. The average Bonchev–Trinajstić information content (AvgIpc) is 3.11. The number of aryl methyl sites for hydroxylation is 1. The molecule has 0 saturated carbocycles. The van der Waals surface area contributed by atoms with Gasteiger partial charge >= 0.3 is 6.03 Å². The number of amides is 3. The van der Waals surface area contributed by atoms with Crippen molar-refractivity contribution in [1.82, 2.24) is 14.8 Å². The van der Waals surface area contributed by atoms with Crippen molar-refractivity contribution in [3.05, 3.63) is 40.7 Å². The standard InChI is InChI=1S/C19H20FN3O2S/c1-19(2)17(24)23(18(25)22(19)3)14-6-4-5-13-15(14)26-16(21-13)11-7-9-12(20)10-8-11/h7-10,14H,4-6H2,1-3H3. The Hall–Kier alpha value is -2.28. The van der Waals surface area contributed by atoms with Gasteiger partial charge in [0, 0.05) is 12.6 Å². The van der Waals surface area contributed by atoms with Crippen LogP contribution in [0.4, 0.5) is 9.18 Å². The van der Waals surface area contributed by atoms with Gasteiger partial charge in [0.1, 0.15) is 16.4 Å². The highest BCUT2D eigenvalue weighted by Crippen LogP contribution is 2.44. The van der Waals surface area contributed by atoms with Crippen LogP contribution in [-0.2, 0) is 11.2 Å². The van der Waals surface area contributed by atoms with E-state index in [1.807, 2.05) is 0 Å². The SMILES string of the molecule is CN1C(=O)N(C2CCCc3nc(-c4ccc(F)cc4)sc32)C(=O)C1(C)C. The van der Waals surface area contributed by atoms with E-state index in [-0.39, 0.29) is 23.8 Å². The van der Waals surface area contributed by atoms with E-state index < -0.39 is 5.54 Å². The van der Waals surface area contributed by atoms with E-state index in [1.54, 1.807) is 33.0 Å². The number of urea groups is 1. The zero-order valence-corrected chi connectivity index (χ0v) is 15.8. The second kappa shape index (κ2) is 5.87. The molecule has 4 rings (SSSR count). The lowest BCUT2D eigenvalue weighted by Crippen LogP contribution is -2.42. The first-order chi connectivity index (χ1) is 12.3. The van der Waals surface area contributed by atoms with E-state index in [1.165, 1.54) is 33.3 Å². The van der Waals surface area contributed by atoms with Gasteiger partial charge in [0.25, 0.3) is 5.91 Å². The van der Waals surface area contributed by atoms with Gasteiger partial charge in [0.05, 0.1) is 16.6 Å². The van der Waals surface area contributed by atoms with Crippen molar-refractivity contribution in [3.8, 4) is 10.6 Å². The summed E-state index contributed by atoms with van der Waals surface area (Å²) in [6.07, 6.45) is 2.46. The van der Waals surface area contributed by atoms with E-state index in [0.29, 0.717) is 0 Å². The molecule has 0 bridgehead atoms. The van der Waals surface area contributed by atoms with Crippen molar-refractivity contribution in [2.24, 2.45) is 0 Å². The molecule has 1 aromatic carbocycles. The third-order valence-corrected chi connectivity index (χ3v) is 6.65. The lowest BCUT2D eigenvalue weighted by atomic mass is 9.96. The number of aromatic nitrogens is 1. The lowest BCUT2D eigenvalue weighted by Gasteiger charge is -2.28. The number of rotatable bonds is 2. The molecule has 1 aliphatic carbocycles. The van der Waals surface area contributed by atoms with Crippen LogP contribution in [0.3, 0.4) is 0 Å². The molecule has 0 N–H and O–H groups in total. The molecule has 26 heavy (non-hydrogen) atoms. The Balaban J connectivity index is 1.73. The molecule has 3 amide bonds. The van der Waals surface area contributed by atoms with Crippen molar-refractivity contribution >= 4 is 23.3 Å². The monoisotopic (exact) mass is 373 g/mol. The third kappa shape index (κ3) is 2.45. The largest absolute Gasteiger partial charge is 0.328 e. The maximum atomic E-state index is 13.2. The molecule has 2 aliphatic rings. The van der Waals surface area contributed by atoms with Gasteiger partial charge in [-0.15, -0.1) is 11.3 Å². The van der Waals surface area contributed by atoms with Gasteiger partial charge in [0.2, 0.25) is 0 Å². The molecule has 1 atom stereocenters. The predicted octanol–water partition coefficient (Wildman–Crippen LogP) is 4.00. The summed E-state index contributed by atoms with van der Waals surface area (Å²) in [5, 5.41) is 0.800. The second-order valence-electron chi connectivity index (χ2n) is 7.32. The van der Waals surface area contributed by atoms with E-state index in [4.69, 9.17) is 4.98 Å². The molecule has 1 saturated heterocycles. The Morgan fingerprint density at radius 1 is 1.23 bits per heavy atom. The molecule has 1 fully saturated rings. The quantitative estimate of drug-likeness (QED) is 0.748. The fourth-order valence-corrected chi connectivity index (χ4v) is 4.80. The predicted molar refractivity (Wildman–Crippen MR) is 97.3 cm³/mol. The molecule has 1 aliphatic heterocycles. The minimum Gasteiger partial charge on any atom is -0.313 e.